The normalized spacial score (nSPS) is 30.0. The molecule has 5 aliphatic rings. The van der Waals surface area contributed by atoms with Crippen LogP contribution in [-0.4, -0.2) is 51.0 Å². The number of nitrogens with one attached hydrogen (secondary N) is 1. The summed E-state index contributed by atoms with van der Waals surface area (Å²) in [5, 5.41) is 3.57. The van der Waals surface area contributed by atoms with Gasteiger partial charge in [0.15, 0.2) is 0 Å². The summed E-state index contributed by atoms with van der Waals surface area (Å²) in [4.78, 5) is 31.6. The largest absolute Gasteiger partial charge is 0.353 e. The lowest BCUT2D eigenvalue weighted by molar-refractivity contribution is -0.133. The SMILES string of the molecule is CC(C)CN(Cc1cccn1C)C(=O)CN(C(=O)NC12CC3CC(CC(C3)C1)C2)C1CCCCC1. The third kappa shape index (κ3) is 5.56. The van der Waals surface area contributed by atoms with Gasteiger partial charge in [0.05, 0.1) is 6.54 Å². The van der Waals surface area contributed by atoms with Gasteiger partial charge in [-0.25, -0.2) is 4.79 Å². The monoisotopic (exact) mass is 482 g/mol. The van der Waals surface area contributed by atoms with Crippen molar-refractivity contribution in [1.82, 2.24) is 19.7 Å². The fraction of sp³-hybridized carbons (Fsp3) is 0.793. The van der Waals surface area contributed by atoms with Crippen LogP contribution in [0.2, 0.25) is 0 Å². The summed E-state index contributed by atoms with van der Waals surface area (Å²) < 4.78 is 2.08. The number of aromatic nitrogens is 1. The lowest BCUT2D eigenvalue weighted by Crippen LogP contribution is -2.63. The molecule has 6 rings (SSSR count). The summed E-state index contributed by atoms with van der Waals surface area (Å²) in [6, 6.07) is 4.31. The smallest absolute Gasteiger partial charge is 0.318 e. The van der Waals surface area contributed by atoms with E-state index in [1.807, 2.05) is 29.1 Å². The predicted octanol–water partition coefficient (Wildman–Crippen LogP) is 5.32. The van der Waals surface area contributed by atoms with Crippen molar-refractivity contribution < 1.29 is 9.59 Å². The van der Waals surface area contributed by atoms with E-state index in [2.05, 4.69) is 29.8 Å². The summed E-state index contributed by atoms with van der Waals surface area (Å²) in [7, 11) is 2.03. The maximum absolute atomic E-state index is 13.9. The Morgan fingerprint density at radius 3 is 2.23 bits per heavy atom. The molecule has 0 unspecified atom stereocenters. The molecule has 0 spiro atoms. The summed E-state index contributed by atoms with van der Waals surface area (Å²) in [5.74, 6) is 2.82. The Kier molecular flexibility index (Phi) is 7.18. The Hall–Kier alpha value is -1.98. The van der Waals surface area contributed by atoms with E-state index < -0.39 is 0 Å². The molecular formula is C29H46N4O2. The van der Waals surface area contributed by atoms with Crippen molar-refractivity contribution in [2.75, 3.05) is 13.1 Å². The van der Waals surface area contributed by atoms with Crippen LogP contribution in [0.3, 0.4) is 0 Å². The van der Waals surface area contributed by atoms with E-state index >= 15 is 0 Å². The summed E-state index contributed by atoms with van der Waals surface area (Å²) in [5.41, 5.74) is 1.10. The van der Waals surface area contributed by atoms with Crippen LogP contribution in [0.25, 0.3) is 0 Å². The van der Waals surface area contributed by atoms with Crippen molar-refractivity contribution in [3.05, 3.63) is 24.0 Å². The van der Waals surface area contributed by atoms with Gasteiger partial charge in [0.25, 0.3) is 0 Å². The van der Waals surface area contributed by atoms with Crippen LogP contribution < -0.4 is 5.32 Å². The van der Waals surface area contributed by atoms with E-state index in [1.54, 1.807) is 0 Å². The minimum absolute atomic E-state index is 0.0237. The highest BCUT2D eigenvalue weighted by Gasteiger charge is 2.52. The first-order valence-corrected chi connectivity index (χ1v) is 14.3. The molecule has 6 nitrogen and oxygen atoms in total. The Balaban J connectivity index is 1.32. The van der Waals surface area contributed by atoms with Gasteiger partial charge in [0.1, 0.15) is 6.54 Å². The summed E-state index contributed by atoms with van der Waals surface area (Å²) >= 11 is 0. The van der Waals surface area contributed by atoms with Crippen LogP contribution in [0.1, 0.15) is 90.2 Å². The second kappa shape index (κ2) is 10.2. The highest BCUT2D eigenvalue weighted by molar-refractivity contribution is 5.84. The zero-order chi connectivity index (χ0) is 24.6. The first kappa shape index (κ1) is 24.7. The third-order valence-corrected chi connectivity index (χ3v) is 9.33. The first-order valence-electron chi connectivity index (χ1n) is 14.3. The summed E-state index contributed by atoms with van der Waals surface area (Å²) in [6.45, 7) is 5.81. The molecule has 1 N–H and O–H groups in total. The van der Waals surface area contributed by atoms with Gasteiger partial charge in [-0.3, -0.25) is 4.79 Å². The number of carbonyl (C=O) groups is 2. The average Bonchev–Trinajstić information content (AvgIpc) is 3.20. The first-order chi connectivity index (χ1) is 16.8. The van der Waals surface area contributed by atoms with E-state index in [0.717, 1.165) is 68.4 Å². The van der Waals surface area contributed by atoms with Gasteiger partial charge in [-0.1, -0.05) is 33.1 Å². The van der Waals surface area contributed by atoms with Gasteiger partial charge in [-0.2, -0.15) is 0 Å². The van der Waals surface area contributed by atoms with Crippen molar-refractivity contribution >= 4 is 11.9 Å². The molecule has 0 aromatic carbocycles. The molecule has 35 heavy (non-hydrogen) atoms. The Bertz CT molecular complexity index is 865. The molecule has 5 fully saturated rings. The van der Waals surface area contributed by atoms with Crippen molar-refractivity contribution in [1.29, 1.82) is 0 Å². The molecule has 5 saturated carbocycles. The molecule has 194 valence electrons. The number of carbonyl (C=O) groups excluding carboxylic acids is 2. The van der Waals surface area contributed by atoms with Crippen LogP contribution >= 0.6 is 0 Å². The predicted molar refractivity (Wildman–Crippen MR) is 139 cm³/mol. The van der Waals surface area contributed by atoms with E-state index in [9.17, 15) is 9.59 Å². The van der Waals surface area contributed by atoms with Crippen molar-refractivity contribution in [2.45, 2.75) is 103 Å². The number of rotatable bonds is 8. The molecule has 1 heterocycles. The molecule has 1 aromatic rings. The number of aryl methyl sites for hydroxylation is 1. The van der Waals surface area contributed by atoms with Crippen LogP contribution in [0.5, 0.6) is 0 Å². The van der Waals surface area contributed by atoms with Gasteiger partial charge < -0.3 is 19.7 Å². The zero-order valence-corrected chi connectivity index (χ0v) is 22.2. The molecule has 0 atom stereocenters. The lowest BCUT2D eigenvalue weighted by Gasteiger charge is -2.57. The maximum Gasteiger partial charge on any atom is 0.318 e. The van der Waals surface area contributed by atoms with E-state index in [1.165, 1.54) is 25.7 Å². The maximum atomic E-state index is 13.9. The van der Waals surface area contributed by atoms with E-state index in [0.29, 0.717) is 19.0 Å². The molecule has 0 radical (unpaired) electrons. The summed E-state index contributed by atoms with van der Waals surface area (Å²) in [6.07, 6.45) is 15.1. The van der Waals surface area contributed by atoms with Gasteiger partial charge in [-0.05, 0) is 87.2 Å². The van der Waals surface area contributed by atoms with Crippen molar-refractivity contribution in [3.63, 3.8) is 0 Å². The second-order valence-corrected chi connectivity index (χ2v) is 12.8. The zero-order valence-electron chi connectivity index (χ0n) is 22.2. The molecule has 0 saturated heterocycles. The Labute approximate surface area is 211 Å². The van der Waals surface area contributed by atoms with Gasteiger partial charge in [0.2, 0.25) is 5.91 Å². The molecule has 3 amide bonds. The van der Waals surface area contributed by atoms with Gasteiger partial charge in [0, 0.05) is 37.1 Å². The molecule has 4 bridgehead atoms. The second-order valence-electron chi connectivity index (χ2n) is 12.8. The lowest BCUT2D eigenvalue weighted by atomic mass is 9.53. The number of amides is 3. The minimum Gasteiger partial charge on any atom is -0.353 e. The number of nitrogens with zero attached hydrogens (tertiary/aromatic N) is 3. The number of hydrogen-bond acceptors (Lipinski definition) is 2. The third-order valence-electron chi connectivity index (χ3n) is 9.33. The van der Waals surface area contributed by atoms with Crippen molar-refractivity contribution in [3.8, 4) is 0 Å². The minimum atomic E-state index is -0.0253. The van der Waals surface area contributed by atoms with Gasteiger partial charge >= 0.3 is 6.03 Å². The molecular weight excluding hydrogens is 436 g/mol. The molecule has 1 aromatic heterocycles. The number of urea groups is 1. The molecule has 6 heteroatoms. The topological polar surface area (TPSA) is 57.6 Å². The quantitative estimate of drug-likeness (QED) is 0.545. The Morgan fingerprint density at radius 1 is 1.06 bits per heavy atom. The fourth-order valence-corrected chi connectivity index (χ4v) is 8.12. The van der Waals surface area contributed by atoms with Crippen LogP contribution in [0, 0.1) is 23.7 Å². The van der Waals surface area contributed by atoms with E-state index in [-0.39, 0.29) is 30.1 Å². The average molecular weight is 483 g/mol. The van der Waals surface area contributed by atoms with E-state index in [4.69, 9.17) is 0 Å². The fourth-order valence-electron chi connectivity index (χ4n) is 8.12. The van der Waals surface area contributed by atoms with Crippen LogP contribution in [-0.2, 0) is 18.4 Å². The highest BCUT2D eigenvalue weighted by atomic mass is 16.2. The van der Waals surface area contributed by atoms with Crippen LogP contribution in [0.4, 0.5) is 4.79 Å². The van der Waals surface area contributed by atoms with Crippen molar-refractivity contribution in [2.24, 2.45) is 30.7 Å². The Morgan fingerprint density at radius 2 is 1.69 bits per heavy atom. The standard InChI is InChI=1S/C29H46N4O2/c1-21(2)18-32(19-26-10-7-11-31(26)3)27(34)20-33(25-8-5-4-6-9-25)28(35)30-29-15-22-12-23(16-29)14-24(13-22)17-29/h7,10-11,21-25H,4-6,8-9,12-20H2,1-3H3,(H,30,35). The van der Waals surface area contributed by atoms with Crippen LogP contribution in [0.15, 0.2) is 18.3 Å². The molecule has 5 aliphatic carbocycles. The molecule has 0 aliphatic heterocycles. The highest BCUT2D eigenvalue weighted by Crippen LogP contribution is 2.55. The number of hydrogen-bond donors (Lipinski definition) is 1. The van der Waals surface area contributed by atoms with Gasteiger partial charge in [-0.15, -0.1) is 0 Å².